The van der Waals surface area contributed by atoms with Gasteiger partial charge in [-0.1, -0.05) is 6.07 Å². The van der Waals surface area contributed by atoms with Crippen molar-refractivity contribution in [2.45, 2.75) is 51.7 Å². The van der Waals surface area contributed by atoms with E-state index in [4.69, 9.17) is 0 Å². The summed E-state index contributed by atoms with van der Waals surface area (Å²) >= 11 is 1.60. The Labute approximate surface area is 161 Å². The van der Waals surface area contributed by atoms with Gasteiger partial charge in [-0.05, 0) is 57.5 Å². The zero-order chi connectivity index (χ0) is 19.4. The minimum Gasteiger partial charge on any atom is -0.390 e. The molecule has 3 aromatic rings. The quantitative estimate of drug-likeness (QED) is 0.576. The number of hydrogen-bond donors (Lipinski definition) is 3. The molecule has 3 heterocycles. The van der Waals surface area contributed by atoms with E-state index in [1.807, 2.05) is 30.5 Å². The van der Waals surface area contributed by atoms with Crippen molar-refractivity contribution in [3.63, 3.8) is 0 Å². The molecule has 144 valence electrons. The average Bonchev–Trinajstić information content (AvgIpc) is 3.21. The van der Waals surface area contributed by atoms with Gasteiger partial charge in [-0.25, -0.2) is 9.78 Å². The molecular weight excluding hydrogens is 364 g/mol. The third-order valence-corrected chi connectivity index (χ3v) is 4.94. The molecule has 0 aliphatic rings. The van der Waals surface area contributed by atoms with Crippen molar-refractivity contribution < 1.29 is 9.90 Å². The Hall–Kier alpha value is -2.52. The van der Waals surface area contributed by atoms with Crippen LogP contribution in [0.15, 0.2) is 29.8 Å². The largest absolute Gasteiger partial charge is 0.390 e. The fraction of sp³-hybridized carbons (Fsp3) is 0.444. The van der Waals surface area contributed by atoms with Gasteiger partial charge in [0.25, 0.3) is 11.7 Å². The zero-order valence-electron chi connectivity index (χ0n) is 15.6. The molecule has 0 aliphatic carbocycles. The van der Waals surface area contributed by atoms with E-state index in [1.54, 1.807) is 35.9 Å². The molecule has 0 aromatic carbocycles. The number of thiophene rings is 1. The van der Waals surface area contributed by atoms with E-state index in [0.717, 1.165) is 23.4 Å². The number of carbonyl (C=O) groups excluding carboxylic acids is 1. The number of aromatic nitrogens is 4. The first-order valence-corrected chi connectivity index (χ1v) is 9.75. The lowest BCUT2D eigenvalue weighted by atomic mass is 10.00. The van der Waals surface area contributed by atoms with Crippen LogP contribution in [-0.4, -0.2) is 42.4 Å². The lowest BCUT2D eigenvalue weighted by Crippen LogP contribution is -2.36. The highest BCUT2D eigenvalue weighted by Crippen LogP contribution is 2.24. The number of nitrogens with zero attached hydrogens (tertiary/aromatic N) is 4. The zero-order valence-corrected chi connectivity index (χ0v) is 16.5. The van der Waals surface area contributed by atoms with Crippen molar-refractivity contribution in [1.82, 2.24) is 24.9 Å². The Kier molecular flexibility index (Phi) is 5.71. The Morgan fingerprint density at radius 1 is 1.41 bits per heavy atom. The standard InChI is InChI=1S/C18H24N6O2S/c1-12(6-4-9-18(2,3)26)20-17(25)22-15-21-16-19-10-8-13(24(16)23-15)14-7-5-11-27-14/h5,7-8,10-12,26H,4,6,9H2,1-3H3,(H2,20,22,23,25)/t12-/m0/s1. The number of nitrogens with one attached hydrogen (secondary N) is 2. The number of hydrogen-bond acceptors (Lipinski definition) is 6. The van der Waals surface area contributed by atoms with Crippen LogP contribution in [0.25, 0.3) is 16.3 Å². The second kappa shape index (κ2) is 8.01. The van der Waals surface area contributed by atoms with E-state index in [0.29, 0.717) is 12.2 Å². The minimum atomic E-state index is -0.685. The van der Waals surface area contributed by atoms with Crippen LogP contribution in [0.4, 0.5) is 10.7 Å². The van der Waals surface area contributed by atoms with Crippen LogP contribution >= 0.6 is 11.3 Å². The van der Waals surface area contributed by atoms with Crippen molar-refractivity contribution >= 4 is 29.1 Å². The molecule has 0 spiro atoms. The summed E-state index contributed by atoms with van der Waals surface area (Å²) in [5.41, 5.74) is 0.186. The maximum absolute atomic E-state index is 12.2. The van der Waals surface area contributed by atoms with Crippen LogP contribution in [0.5, 0.6) is 0 Å². The number of aliphatic hydroxyl groups is 1. The molecule has 0 radical (unpaired) electrons. The second-order valence-corrected chi connectivity index (χ2v) is 8.11. The number of fused-ring (bicyclic) bond motifs is 1. The molecular formula is C18H24N6O2S. The normalized spacial score (nSPS) is 12.9. The smallest absolute Gasteiger partial charge is 0.321 e. The first-order chi connectivity index (χ1) is 12.8. The van der Waals surface area contributed by atoms with Gasteiger partial charge >= 0.3 is 6.03 Å². The topological polar surface area (TPSA) is 104 Å². The third kappa shape index (κ3) is 5.24. The highest BCUT2D eigenvalue weighted by molar-refractivity contribution is 7.13. The molecule has 8 nitrogen and oxygen atoms in total. The van der Waals surface area contributed by atoms with E-state index in [1.165, 1.54) is 0 Å². The predicted molar refractivity (Wildman–Crippen MR) is 106 cm³/mol. The summed E-state index contributed by atoms with van der Waals surface area (Å²) in [4.78, 5) is 21.7. The summed E-state index contributed by atoms with van der Waals surface area (Å²) in [5, 5.41) is 21.6. The molecule has 0 fully saturated rings. The maximum Gasteiger partial charge on any atom is 0.321 e. The Balaban J connectivity index is 1.61. The number of amides is 2. The van der Waals surface area contributed by atoms with E-state index >= 15 is 0 Å². The van der Waals surface area contributed by atoms with Crippen molar-refractivity contribution in [3.8, 4) is 10.6 Å². The molecule has 9 heteroatoms. The molecule has 27 heavy (non-hydrogen) atoms. The minimum absolute atomic E-state index is 0.0239. The summed E-state index contributed by atoms with van der Waals surface area (Å²) in [6.07, 6.45) is 3.96. The van der Waals surface area contributed by atoms with Crippen LogP contribution in [0, 0.1) is 0 Å². The molecule has 0 aliphatic heterocycles. The highest BCUT2D eigenvalue weighted by Gasteiger charge is 2.15. The molecule has 0 saturated heterocycles. The molecule has 1 atom stereocenters. The number of rotatable bonds is 7. The maximum atomic E-state index is 12.2. The fourth-order valence-electron chi connectivity index (χ4n) is 2.73. The van der Waals surface area contributed by atoms with Gasteiger partial charge < -0.3 is 10.4 Å². The van der Waals surface area contributed by atoms with Gasteiger partial charge in [0, 0.05) is 12.2 Å². The highest BCUT2D eigenvalue weighted by atomic mass is 32.1. The molecule has 0 bridgehead atoms. The second-order valence-electron chi connectivity index (χ2n) is 7.16. The predicted octanol–water partition coefficient (Wildman–Crippen LogP) is 3.30. The van der Waals surface area contributed by atoms with E-state index in [2.05, 4.69) is 25.7 Å². The summed E-state index contributed by atoms with van der Waals surface area (Å²) in [7, 11) is 0. The monoisotopic (exact) mass is 388 g/mol. The average molecular weight is 388 g/mol. The molecule has 3 N–H and O–H groups in total. The van der Waals surface area contributed by atoms with Crippen molar-refractivity contribution in [2.24, 2.45) is 0 Å². The molecule has 3 rings (SSSR count). The third-order valence-electron chi connectivity index (χ3n) is 4.04. The summed E-state index contributed by atoms with van der Waals surface area (Å²) in [6.45, 7) is 5.49. The fourth-order valence-corrected chi connectivity index (χ4v) is 3.47. The van der Waals surface area contributed by atoms with E-state index < -0.39 is 5.60 Å². The molecule has 0 saturated carbocycles. The van der Waals surface area contributed by atoms with E-state index in [9.17, 15) is 9.90 Å². The van der Waals surface area contributed by atoms with Gasteiger partial charge in [0.2, 0.25) is 0 Å². The lowest BCUT2D eigenvalue weighted by Gasteiger charge is -2.19. The first kappa shape index (κ1) is 19.2. The van der Waals surface area contributed by atoms with E-state index in [-0.39, 0.29) is 18.0 Å². The van der Waals surface area contributed by atoms with Gasteiger partial charge in [0.1, 0.15) is 0 Å². The molecule has 2 amide bonds. The molecule has 0 unspecified atom stereocenters. The first-order valence-electron chi connectivity index (χ1n) is 8.87. The van der Waals surface area contributed by atoms with Gasteiger partial charge in [-0.3, -0.25) is 5.32 Å². The van der Waals surface area contributed by atoms with Gasteiger partial charge in [0.05, 0.1) is 16.2 Å². The Morgan fingerprint density at radius 3 is 2.93 bits per heavy atom. The van der Waals surface area contributed by atoms with Crippen molar-refractivity contribution in [2.75, 3.05) is 5.32 Å². The van der Waals surface area contributed by atoms with Crippen LogP contribution in [0.1, 0.15) is 40.0 Å². The number of anilines is 1. The van der Waals surface area contributed by atoms with Crippen LogP contribution in [0.3, 0.4) is 0 Å². The lowest BCUT2D eigenvalue weighted by molar-refractivity contribution is 0.0676. The van der Waals surface area contributed by atoms with Gasteiger partial charge in [-0.15, -0.1) is 16.4 Å². The Morgan fingerprint density at radius 2 is 2.22 bits per heavy atom. The van der Waals surface area contributed by atoms with Crippen molar-refractivity contribution in [1.29, 1.82) is 0 Å². The molecule has 3 aromatic heterocycles. The van der Waals surface area contributed by atoms with Crippen LogP contribution in [0.2, 0.25) is 0 Å². The van der Waals surface area contributed by atoms with Gasteiger partial charge in [-0.2, -0.15) is 9.50 Å². The SMILES string of the molecule is C[C@@H](CCCC(C)(C)O)NC(=O)Nc1nc2nccc(-c3cccs3)n2n1. The summed E-state index contributed by atoms with van der Waals surface area (Å²) in [5.74, 6) is 0.627. The van der Waals surface area contributed by atoms with Crippen LogP contribution in [-0.2, 0) is 0 Å². The number of urea groups is 1. The summed E-state index contributed by atoms with van der Waals surface area (Å²) < 4.78 is 1.62. The Bertz CT molecular complexity index is 900. The van der Waals surface area contributed by atoms with Gasteiger partial charge in [0.15, 0.2) is 0 Å². The van der Waals surface area contributed by atoms with Crippen LogP contribution < -0.4 is 10.6 Å². The number of carbonyl (C=O) groups is 1. The van der Waals surface area contributed by atoms with Crippen molar-refractivity contribution in [3.05, 3.63) is 29.8 Å². The summed E-state index contributed by atoms with van der Waals surface area (Å²) in [6, 6.07) is 5.44.